The van der Waals surface area contributed by atoms with Crippen LogP contribution < -0.4 is 0 Å². The maximum Gasteiger partial charge on any atom is 0.212 e. The van der Waals surface area contributed by atoms with Gasteiger partial charge in [0.2, 0.25) is 5.16 Å². The number of aromatic nitrogens is 3. The first-order valence-electron chi connectivity index (χ1n) is 7.69. The Labute approximate surface area is 152 Å². The first kappa shape index (κ1) is 14.7. The quantitative estimate of drug-likeness (QED) is 0.516. The number of benzene rings is 2. The fourth-order valence-corrected chi connectivity index (χ4v) is 3.69. The third kappa shape index (κ3) is 2.54. The molecule has 0 spiro atoms. The number of hydrogen-bond donors (Lipinski definition) is 0. The number of nitrogens with zero attached hydrogens (tertiary/aromatic N) is 4. The van der Waals surface area contributed by atoms with Crippen molar-refractivity contribution in [2.45, 2.75) is 5.16 Å². The summed E-state index contributed by atoms with van der Waals surface area (Å²) in [6.07, 6.45) is 0. The molecule has 0 aliphatic carbocycles. The van der Waals surface area contributed by atoms with Crippen LogP contribution in [0.4, 0.5) is 0 Å². The first-order valence-corrected chi connectivity index (χ1v) is 9.05. The highest BCUT2D eigenvalue weighted by Gasteiger charge is 2.22. The van der Waals surface area contributed by atoms with Crippen LogP contribution in [0.2, 0.25) is 5.02 Å². The van der Waals surface area contributed by atoms with Gasteiger partial charge >= 0.3 is 0 Å². The van der Waals surface area contributed by atoms with Crippen LogP contribution in [0, 0.1) is 0 Å². The summed E-state index contributed by atoms with van der Waals surface area (Å²) < 4.78 is 7.71. The molecule has 0 saturated carbocycles. The Morgan fingerprint density at radius 3 is 2.72 bits per heavy atom. The Kier molecular flexibility index (Phi) is 3.39. The molecule has 0 amide bonds. The maximum absolute atomic E-state index is 5.97. The zero-order valence-electron chi connectivity index (χ0n) is 12.9. The molecule has 5 rings (SSSR count). The van der Waals surface area contributed by atoms with Crippen LogP contribution in [-0.2, 0) is 0 Å². The lowest BCUT2D eigenvalue weighted by molar-refractivity contribution is 0.601. The van der Waals surface area contributed by atoms with E-state index in [1.165, 1.54) is 0 Å². The minimum absolute atomic E-state index is 0.683. The van der Waals surface area contributed by atoms with Gasteiger partial charge in [0.05, 0.1) is 0 Å². The van der Waals surface area contributed by atoms with Crippen molar-refractivity contribution in [1.29, 1.82) is 0 Å². The Morgan fingerprint density at radius 1 is 1.04 bits per heavy atom. The third-order valence-corrected chi connectivity index (χ3v) is 5.17. The van der Waals surface area contributed by atoms with Crippen LogP contribution in [0.1, 0.15) is 5.76 Å². The van der Waals surface area contributed by atoms with Crippen molar-refractivity contribution in [3.8, 4) is 11.4 Å². The zero-order chi connectivity index (χ0) is 16.8. The smallest absolute Gasteiger partial charge is 0.212 e. The number of furan rings is 1. The minimum atomic E-state index is 0.683. The van der Waals surface area contributed by atoms with Crippen molar-refractivity contribution in [2.75, 3.05) is 5.75 Å². The van der Waals surface area contributed by atoms with Gasteiger partial charge in [-0.3, -0.25) is 0 Å². The lowest BCUT2D eigenvalue weighted by atomic mass is 10.2. The summed E-state index contributed by atoms with van der Waals surface area (Å²) in [5, 5.41) is 15.8. The summed E-state index contributed by atoms with van der Waals surface area (Å²) >= 11 is 7.56. The highest BCUT2D eigenvalue weighted by atomic mass is 35.5. The standard InChI is InChI=1S/C18H11ClN4OS/c19-13-7-5-11(6-8-13)17-20-21-18-23(17)22-14(10-25-18)16-9-12-3-1-2-4-15(12)24-16/h1-9H,10H2. The molecule has 3 heterocycles. The first-order chi connectivity index (χ1) is 12.3. The van der Waals surface area contributed by atoms with Crippen molar-refractivity contribution in [1.82, 2.24) is 14.9 Å². The molecule has 7 heteroatoms. The molecule has 25 heavy (non-hydrogen) atoms. The zero-order valence-corrected chi connectivity index (χ0v) is 14.5. The molecule has 1 aliphatic rings. The molecule has 122 valence electrons. The molecule has 0 N–H and O–H groups in total. The van der Waals surface area contributed by atoms with E-state index in [0.29, 0.717) is 16.6 Å². The number of hydrogen-bond acceptors (Lipinski definition) is 5. The van der Waals surface area contributed by atoms with Crippen LogP contribution >= 0.6 is 23.4 Å². The van der Waals surface area contributed by atoms with Gasteiger partial charge in [-0.1, -0.05) is 41.6 Å². The van der Waals surface area contributed by atoms with Crippen LogP contribution in [0.15, 0.2) is 69.3 Å². The van der Waals surface area contributed by atoms with Crippen LogP contribution in [0.3, 0.4) is 0 Å². The molecule has 0 fully saturated rings. The molecule has 5 nitrogen and oxygen atoms in total. The lowest BCUT2D eigenvalue weighted by Crippen LogP contribution is -2.13. The molecular formula is C18H11ClN4OS. The molecule has 0 unspecified atom stereocenters. The largest absolute Gasteiger partial charge is 0.455 e. The fourth-order valence-electron chi connectivity index (χ4n) is 2.75. The predicted octanol–water partition coefficient (Wildman–Crippen LogP) is 4.70. The van der Waals surface area contributed by atoms with E-state index in [1.54, 1.807) is 16.4 Å². The normalized spacial score (nSPS) is 13.7. The predicted molar refractivity (Wildman–Crippen MR) is 99.3 cm³/mol. The Balaban J connectivity index is 1.61. The van der Waals surface area contributed by atoms with Crippen molar-refractivity contribution in [3.05, 3.63) is 65.4 Å². The summed E-state index contributed by atoms with van der Waals surface area (Å²) in [6.45, 7) is 0. The van der Waals surface area contributed by atoms with Gasteiger partial charge < -0.3 is 4.42 Å². The maximum atomic E-state index is 5.97. The van der Waals surface area contributed by atoms with Gasteiger partial charge in [-0.05, 0) is 36.4 Å². The van der Waals surface area contributed by atoms with Crippen LogP contribution in [0.25, 0.3) is 22.4 Å². The molecular weight excluding hydrogens is 356 g/mol. The second-order valence-electron chi connectivity index (χ2n) is 5.61. The minimum Gasteiger partial charge on any atom is -0.455 e. The van der Waals surface area contributed by atoms with E-state index in [4.69, 9.17) is 21.1 Å². The number of para-hydroxylation sites is 1. The lowest BCUT2D eigenvalue weighted by Gasteiger charge is -2.12. The molecule has 0 atom stereocenters. The summed E-state index contributed by atoms with van der Waals surface area (Å²) in [6, 6.07) is 17.5. The molecule has 0 radical (unpaired) electrons. The van der Waals surface area contributed by atoms with Crippen molar-refractivity contribution in [2.24, 2.45) is 5.10 Å². The molecule has 2 aromatic carbocycles. The van der Waals surface area contributed by atoms with E-state index < -0.39 is 0 Å². The highest BCUT2D eigenvalue weighted by molar-refractivity contribution is 7.99. The Hall–Kier alpha value is -2.57. The SMILES string of the molecule is Clc1ccc(-c2nnc3n2N=C(c2cc4ccccc4o2)CS3)cc1. The third-order valence-electron chi connectivity index (χ3n) is 3.98. The monoisotopic (exact) mass is 366 g/mol. The average molecular weight is 367 g/mol. The summed E-state index contributed by atoms with van der Waals surface area (Å²) in [5.41, 5.74) is 2.64. The van der Waals surface area contributed by atoms with E-state index in [0.717, 1.165) is 33.2 Å². The van der Waals surface area contributed by atoms with Crippen LogP contribution in [0.5, 0.6) is 0 Å². The fraction of sp³-hybridized carbons (Fsp3) is 0.0556. The van der Waals surface area contributed by atoms with Gasteiger partial charge in [0.25, 0.3) is 0 Å². The van der Waals surface area contributed by atoms with Gasteiger partial charge in [0.1, 0.15) is 11.3 Å². The Morgan fingerprint density at radius 2 is 1.88 bits per heavy atom. The summed E-state index contributed by atoms with van der Waals surface area (Å²) in [4.78, 5) is 0. The summed E-state index contributed by atoms with van der Waals surface area (Å²) in [7, 11) is 0. The van der Waals surface area contributed by atoms with E-state index in [-0.39, 0.29) is 0 Å². The average Bonchev–Trinajstić information content (AvgIpc) is 3.26. The topological polar surface area (TPSA) is 56.2 Å². The molecule has 2 aromatic heterocycles. The second-order valence-corrected chi connectivity index (χ2v) is 6.99. The number of halogens is 1. The van der Waals surface area contributed by atoms with Gasteiger partial charge in [0, 0.05) is 21.7 Å². The molecule has 0 saturated heterocycles. The number of thioether (sulfide) groups is 1. The van der Waals surface area contributed by atoms with Crippen LogP contribution in [-0.4, -0.2) is 26.3 Å². The van der Waals surface area contributed by atoms with E-state index in [1.807, 2.05) is 54.6 Å². The van der Waals surface area contributed by atoms with E-state index in [2.05, 4.69) is 10.2 Å². The van der Waals surface area contributed by atoms with Crippen molar-refractivity contribution < 1.29 is 4.42 Å². The molecule has 1 aliphatic heterocycles. The van der Waals surface area contributed by atoms with Gasteiger partial charge in [-0.25, -0.2) is 0 Å². The van der Waals surface area contributed by atoms with E-state index in [9.17, 15) is 0 Å². The number of fused-ring (bicyclic) bond motifs is 2. The van der Waals surface area contributed by atoms with Gasteiger partial charge in [0.15, 0.2) is 11.6 Å². The second kappa shape index (κ2) is 5.75. The van der Waals surface area contributed by atoms with Crippen molar-refractivity contribution >= 4 is 40.0 Å². The van der Waals surface area contributed by atoms with Gasteiger partial charge in [-0.15, -0.1) is 10.2 Å². The molecule has 0 bridgehead atoms. The summed E-state index contributed by atoms with van der Waals surface area (Å²) in [5.74, 6) is 2.15. The molecule has 4 aromatic rings. The van der Waals surface area contributed by atoms with Gasteiger partial charge in [-0.2, -0.15) is 9.78 Å². The highest BCUT2D eigenvalue weighted by Crippen LogP contribution is 2.30. The Bertz CT molecular complexity index is 1080. The number of rotatable bonds is 2. The van der Waals surface area contributed by atoms with E-state index >= 15 is 0 Å². The van der Waals surface area contributed by atoms with Crippen molar-refractivity contribution in [3.63, 3.8) is 0 Å².